The van der Waals surface area contributed by atoms with Crippen LogP contribution in [0.4, 0.5) is 4.39 Å². The highest BCUT2D eigenvalue weighted by atomic mass is 35.5. The lowest BCUT2D eigenvalue weighted by atomic mass is 10.0. The van der Waals surface area contributed by atoms with Crippen molar-refractivity contribution in [2.75, 3.05) is 12.8 Å². The fraction of sp³-hybridized carbons (Fsp3) is 0.278. The SMILES string of the molecule is CN1C(N)=N[C@](C)(c2sc(C3=Cc4cccc(F)c4C3)cc2Cl)CS1(=O)=O. The van der Waals surface area contributed by atoms with Gasteiger partial charge in [-0.1, -0.05) is 23.7 Å². The van der Waals surface area contributed by atoms with Crippen LogP contribution < -0.4 is 5.73 Å². The van der Waals surface area contributed by atoms with Crippen molar-refractivity contribution in [1.82, 2.24) is 4.31 Å². The van der Waals surface area contributed by atoms with Gasteiger partial charge in [-0.25, -0.2) is 22.1 Å². The number of guanidine groups is 1. The molecule has 0 saturated heterocycles. The van der Waals surface area contributed by atoms with E-state index in [1.807, 2.05) is 12.1 Å². The Morgan fingerprint density at radius 3 is 2.81 bits per heavy atom. The monoisotopic (exact) mass is 425 g/mol. The highest BCUT2D eigenvalue weighted by molar-refractivity contribution is 7.89. The minimum Gasteiger partial charge on any atom is -0.369 e. The Labute approximate surface area is 166 Å². The van der Waals surface area contributed by atoms with Crippen molar-refractivity contribution >= 4 is 50.6 Å². The van der Waals surface area contributed by atoms with E-state index in [9.17, 15) is 12.8 Å². The van der Waals surface area contributed by atoms with E-state index < -0.39 is 15.6 Å². The molecule has 27 heavy (non-hydrogen) atoms. The third-order valence-corrected chi connectivity index (χ3v) is 8.73. The van der Waals surface area contributed by atoms with Crippen LogP contribution in [-0.2, 0) is 22.0 Å². The van der Waals surface area contributed by atoms with E-state index in [-0.39, 0.29) is 17.5 Å². The third kappa shape index (κ3) is 2.96. The number of thiophene rings is 1. The number of aliphatic imine (C=N–C) groups is 1. The molecule has 1 aromatic heterocycles. The molecule has 0 amide bonds. The first-order valence-electron chi connectivity index (χ1n) is 8.21. The van der Waals surface area contributed by atoms with Crippen LogP contribution in [0.1, 0.15) is 27.8 Å². The lowest BCUT2D eigenvalue weighted by molar-refractivity contribution is 0.482. The maximum absolute atomic E-state index is 14.0. The maximum atomic E-state index is 14.0. The zero-order chi connectivity index (χ0) is 19.6. The third-order valence-electron chi connectivity index (χ3n) is 4.91. The molecule has 0 bridgehead atoms. The number of sulfonamides is 1. The van der Waals surface area contributed by atoms with Crippen molar-refractivity contribution in [3.05, 3.63) is 56.0 Å². The fourth-order valence-corrected chi connectivity index (χ4v) is 6.62. The number of rotatable bonds is 2. The molecule has 0 saturated carbocycles. The van der Waals surface area contributed by atoms with Gasteiger partial charge in [0.15, 0.2) is 0 Å². The number of nitrogens with zero attached hydrogens (tertiary/aromatic N) is 2. The summed E-state index contributed by atoms with van der Waals surface area (Å²) in [6.07, 6.45) is 2.41. The molecule has 2 heterocycles. The fourth-order valence-electron chi connectivity index (χ4n) is 3.45. The number of hydrogen-bond donors (Lipinski definition) is 1. The van der Waals surface area contributed by atoms with Crippen LogP contribution in [0.15, 0.2) is 29.3 Å². The van der Waals surface area contributed by atoms with Gasteiger partial charge >= 0.3 is 0 Å². The average molecular weight is 426 g/mol. The Morgan fingerprint density at radius 1 is 1.41 bits per heavy atom. The van der Waals surface area contributed by atoms with Crippen molar-refractivity contribution in [1.29, 1.82) is 0 Å². The molecular formula is C18H17ClFN3O2S2. The molecule has 0 spiro atoms. The van der Waals surface area contributed by atoms with Gasteiger partial charge in [-0.3, -0.25) is 0 Å². The van der Waals surface area contributed by atoms with E-state index in [2.05, 4.69) is 4.99 Å². The first-order valence-corrected chi connectivity index (χ1v) is 11.0. The molecule has 1 aliphatic carbocycles. The number of halogens is 2. The smallest absolute Gasteiger partial charge is 0.239 e. The number of fused-ring (bicyclic) bond motifs is 1. The second-order valence-corrected chi connectivity index (χ2v) is 10.4. The highest BCUT2D eigenvalue weighted by Gasteiger charge is 2.42. The van der Waals surface area contributed by atoms with E-state index in [0.29, 0.717) is 21.9 Å². The van der Waals surface area contributed by atoms with Crippen LogP contribution in [-0.4, -0.2) is 31.5 Å². The van der Waals surface area contributed by atoms with Crippen LogP contribution in [0.3, 0.4) is 0 Å². The van der Waals surface area contributed by atoms with Crippen molar-refractivity contribution in [2.45, 2.75) is 18.9 Å². The predicted molar refractivity (Wildman–Crippen MR) is 108 cm³/mol. The molecule has 2 aliphatic rings. The molecular weight excluding hydrogens is 409 g/mol. The van der Waals surface area contributed by atoms with E-state index in [1.54, 1.807) is 19.1 Å². The number of nitrogens with two attached hydrogens (primary N) is 1. The molecule has 0 radical (unpaired) electrons. The summed E-state index contributed by atoms with van der Waals surface area (Å²) in [6.45, 7) is 1.71. The van der Waals surface area contributed by atoms with Gasteiger partial charge in [0.25, 0.3) is 0 Å². The molecule has 1 aliphatic heterocycles. The zero-order valence-electron chi connectivity index (χ0n) is 14.7. The van der Waals surface area contributed by atoms with Crippen molar-refractivity contribution in [2.24, 2.45) is 10.7 Å². The van der Waals surface area contributed by atoms with E-state index in [4.69, 9.17) is 17.3 Å². The summed E-state index contributed by atoms with van der Waals surface area (Å²) in [4.78, 5) is 5.91. The van der Waals surface area contributed by atoms with E-state index in [0.717, 1.165) is 20.3 Å². The molecule has 2 aromatic rings. The Hall–Kier alpha value is -1.90. The molecule has 5 nitrogen and oxygen atoms in total. The number of hydrogen-bond acceptors (Lipinski definition) is 5. The molecule has 0 fully saturated rings. The van der Waals surface area contributed by atoms with Crippen LogP contribution in [0.2, 0.25) is 5.02 Å². The van der Waals surface area contributed by atoms with Crippen molar-refractivity contribution < 1.29 is 12.8 Å². The van der Waals surface area contributed by atoms with Crippen LogP contribution in [0, 0.1) is 5.82 Å². The summed E-state index contributed by atoms with van der Waals surface area (Å²) in [7, 11) is -2.20. The Balaban J connectivity index is 1.75. The summed E-state index contributed by atoms with van der Waals surface area (Å²) in [5, 5.41) is 0.436. The van der Waals surface area contributed by atoms with Gasteiger partial charge in [0, 0.05) is 18.3 Å². The number of benzene rings is 1. The molecule has 2 N–H and O–H groups in total. The van der Waals surface area contributed by atoms with Gasteiger partial charge in [0.2, 0.25) is 16.0 Å². The molecule has 1 aromatic carbocycles. The van der Waals surface area contributed by atoms with Gasteiger partial charge in [-0.2, -0.15) is 0 Å². The van der Waals surface area contributed by atoms with Gasteiger partial charge in [0.05, 0.1) is 15.7 Å². The van der Waals surface area contributed by atoms with Gasteiger partial charge in [-0.15, -0.1) is 11.3 Å². The quantitative estimate of drug-likeness (QED) is 0.800. The topological polar surface area (TPSA) is 75.8 Å². The average Bonchev–Trinajstić information content (AvgIpc) is 3.17. The summed E-state index contributed by atoms with van der Waals surface area (Å²) in [5.74, 6) is -0.512. The summed E-state index contributed by atoms with van der Waals surface area (Å²) >= 11 is 7.83. The molecule has 142 valence electrons. The van der Waals surface area contributed by atoms with Crippen LogP contribution in [0.5, 0.6) is 0 Å². The predicted octanol–water partition coefficient (Wildman–Crippen LogP) is 3.44. The van der Waals surface area contributed by atoms with Crippen molar-refractivity contribution in [3.63, 3.8) is 0 Å². The Bertz CT molecular complexity index is 1120. The summed E-state index contributed by atoms with van der Waals surface area (Å²) < 4.78 is 39.8. The first-order chi connectivity index (χ1) is 12.6. The molecule has 0 unspecified atom stereocenters. The largest absolute Gasteiger partial charge is 0.369 e. The second kappa shape index (κ2) is 6.05. The van der Waals surface area contributed by atoms with Gasteiger partial charge in [0.1, 0.15) is 11.4 Å². The summed E-state index contributed by atoms with van der Waals surface area (Å²) in [6, 6.07) is 6.79. The highest BCUT2D eigenvalue weighted by Crippen LogP contribution is 2.45. The lowest BCUT2D eigenvalue weighted by Gasteiger charge is -2.33. The van der Waals surface area contributed by atoms with E-state index in [1.165, 1.54) is 24.5 Å². The maximum Gasteiger partial charge on any atom is 0.239 e. The minimum absolute atomic E-state index is 0.0654. The van der Waals surface area contributed by atoms with Crippen LogP contribution >= 0.6 is 22.9 Å². The normalized spacial score (nSPS) is 23.8. The second-order valence-electron chi connectivity index (χ2n) is 6.91. The van der Waals surface area contributed by atoms with Crippen molar-refractivity contribution in [3.8, 4) is 0 Å². The zero-order valence-corrected chi connectivity index (χ0v) is 17.1. The molecule has 9 heteroatoms. The Kier molecular flexibility index (Phi) is 4.14. The Morgan fingerprint density at radius 2 is 2.15 bits per heavy atom. The minimum atomic E-state index is -3.58. The number of allylic oxidation sites excluding steroid dienone is 1. The first kappa shape index (κ1) is 18.5. The molecule has 1 atom stereocenters. The van der Waals surface area contributed by atoms with Gasteiger partial charge in [-0.05, 0) is 41.8 Å². The van der Waals surface area contributed by atoms with Crippen LogP contribution in [0.25, 0.3) is 11.6 Å². The lowest BCUT2D eigenvalue weighted by Crippen LogP contribution is -2.50. The van der Waals surface area contributed by atoms with Gasteiger partial charge < -0.3 is 5.73 Å². The van der Waals surface area contributed by atoms with E-state index >= 15 is 0 Å². The molecule has 4 rings (SSSR count). The summed E-state index contributed by atoms with van der Waals surface area (Å²) in [5.41, 5.74) is 7.23. The standard InChI is InChI=1S/C18H17ClFN3O2S2/c1-18(9-27(24,25)23(2)17(21)22-18)16-13(19)8-15(26-16)11-6-10-4-3-5-14(20)12(10)7-11/h3-6,8H,7,9H2,1-2H3,(H2,21,22)/t18-/m0/s1.